The Labute approximate surface area is 163 Å². The van der Waals surface area contributed by atoms with Gasteiger partial charge in [-0.1, -0.05) is 58.0 Å². The van der Waals surface area contributed by atoms with Gasteiger partial charge in [0.05, 0.1) is 16.7 Å². The molecular weight excluding hydrogens is 432 g/mol. The van der Waals surface area contributed by atoms with Gasteiger partial charge in [-0.15, -0.1) is 23.2 Å². The fourth-order valence-corrected chi connectivity index (χ4v) is 5.89. The summed E-state index contributed by atoms with van der Waals surface area (Å²) in [5.41, 5.74) is 0. The molecule has 8 heteroatoms. The number of fused-ring (bicyclic) bond motifs is 2. The van der Waals surface area contributed by atoms with Crippen LogP contribution in [0.25, 0.3) is 0 Å². The first kappa shape index (κ1) is 17.6. The Kier molecular flexibility index (Phi) is 4.53. The van der Waals surface area contributed by atoms with Crippen molar-refractivity contribution in [2.24, 2.45) is 5.92 Å². The summed E-state index contributed by atoms with van der Waals surface area (Å²) in [7, 11) is 0. The van der Waals surface area contributed by atoms with Gasteiger partial charge in [0.25, 0.3) is 0 Å². The van der Waals surface area contributed by atoms with Gasteiger partial charge >= 0.3 is 0 Å². The van der Waals surface area contributed by atoms with Crippen molar-refractivity contribution in [3.63, 3.8) is 0 Å². The molecule has 0 radical (unpaired) electrons. The molecule has 0 saturated heterocycles. The zero-order valence-electron chi connectivity index (χ0n) is 10.9. The van der Waals surface area contributed by atoms with Gasteiger partial charge in [-0.05, 0) is 30.7 Å². The highest BCUT2D eigenvalue weighted by atomic mass is 35.5. The zero-order chi connectivity index (χ0) is 16.3. The Hall–Kier alpha value is 0.790. The van der Waals surface area contributed by atoms with Crippen LogP contribution in [-0.4, -0.2) is 20.7 Å². The van der Waals surface area contributed by atoms with Crippen molar-refractivity contribution in [3.8, 4) is 5.75 Å². The first-order chi connectivity index (χ1) is 10.1. The van der Waals surface area contributed by atoms with Crippen molar-refractivity contribution in [1.82, 2.24) is 0 Å². The second-order valence-electron chi connectivity index (χ2n) is 5.38. The van der Waals surface area contributed by atoms with Crippen LogP contribution in [-0.2, 0) is 0 Å². The predicted octanol–water partition coefficient (Wildman–Crippen LogP) is 6.57. The minimum absolute atomic E-state index is 0.187. The maximum Gasteiger partial charge on any atom is 0.166 e. The molecule has 0 aromatic heterocycles. The lowest BCUT2D eigenvalue weighted by atomic mass is 9.93. The molecule has 3 rings (SSSR count). The summed E-state index contributed by atoms with van der Waals surface area (Å²) in [4.78, 5) is -2.48. The van der Waals surface area contributed by atoms with Gasteiger partial charge in [-0.3, -0.25) is 0 Å². The molecule has 1 nitrogen and oxygen atoms in total. The normalized spacial score (nSPS) is 36.0. The molecule has 1 saturated carbocycles. The van der Waals surface area contributed by atoms with E-state index in [9.17, 15) is 0 Å². The van der Waals surface area contributed by atoms with E-state index in [0.29, 0.717) is 17.2 Å². The lowest BCUT2D eigenvalue weighted by Crippen LogP contribution is -2.45. The Morgan fingerprint density at radius 2 is 1.55 bits per heavy atom. The molecule has 0 unspecified atom stereocenters. The summed E-state index contributed by atoms with van der Waals surface area (Å²) in [5, 5.41) is 1.02. The number of hydrogen-bond donors (Lipinski definition) is 0. The van der Waals surface area contributed by atoms with Gasteiger partial charge in [0.15, 0.2) is 4.33 Å². The van der Waals surface area contributed by atoms with Crippen LogP contribution in [0.4, 0.5) is 0 Å². The van der Waals surface area contributed by atoms with Crippen LogP contribution in [0.5, 0.6) is 5.75 Å². The fourth-order valence-electron chi connectivity index (χ4n) is 2.93. The maximum absolute atomic E-state index is 6.66. The molecule has 2 aliphatic carbocycles. The first-order valence-corrected chi connectivity index (χ1v) is 8.99. The number of alkyl halides is 4. The van der Waals surface area contributed by atoms with E-state index in [2.05, 4.69) is 0 Å². The van der Waals surface area contributed by atoms with E-state index in [4.69, 9.17) is 85.9 Å². The predicted molar refractivity (Wildman–Crippen MR) is 95.4 cm³/mol. The quantitative estimate of drug-likeness (QED) is 0.482. The third kappa shape index (κ3) is 2.20. The fraction of sp³-hybridized carbons (Fsp3) is 0.429. The largest absolute Gasteiger partial charge is 0.493 e. The Morgan fingerprint density at radius 3 is 2.05 bits per heavy atom. The van der Waals surface area contributed by atoms with Crippen LogP contribution in [0, 0.1) is 5.92 Å². The van der Waals surface area contributed by atoms with Gasteiger partial charge < -0.3 is 4.74 Å². The van der Waals surface area contributed by atoms with Crippen LogP contribution in [0.2, 0.25) is 5.02 Å². The average Bonchev–Trinajstić information content (AvgIpc) is 2.69. The molecule has 0 amide bonds. The molecule has 120 valence electrons. The third-order valence-corrected chi connectivity index (χ3v) is 8.75. The molecule has 1 aromatic rings. The highest BCUT2D eigenvalue weighted by molar-refractivity contribution is 6.65. The SMILES string of the molecule is ClC1=C(Cl)[C@@]2(Cl)C[C@@H](COc3ccc(Cl)cc3)[C@@]1(Cl)C2(Cl)Cl. The van der Waals surface area contributed by atoms with E-state index in [1.54, 1.807) is 24.3 Å². The molecule has 0 N–H and O–H groups in total. The minimum Gasteiger partial charge on any atom is -0.493 e. The molecule has 0 aliphatic heterocycles. The van der Waals surface area contributed by atoms with Crippen LogP contribution in [0.15, 0.2) is 34.3 Å². The van der Waals surface area contributed by atoms with E-state index in [0.717, 1.165) is 0 Å². The second kappa shape index (κ2) is 5.66. The third-order valence-electron chi connectivity index (χ3n) is 4.17. The Morgan fingerprint density at radius 1 is 0.955 bits per heavy atom. The van der Waals surface area contributed by atoms with E-state index in [1.165, 1.54) is 0 Å². The summed E-state index contributed by atoms with van der Waals surface area (Å²) in [6.07, 6.45) is 0.369. The van der Waals surface area contributed by atoms with Crippen molar-refractivity contribution in [3.05, 3.63) is 39.4 Å². The second-order valence-corrected chi connectivity index (χ2v) is 9.14. The maximum atomic E-state index is 6.66. The minimum atomic E-state index is -1.51. The van der Waals surface area contributed by atoms with E-state index < -0.39 is 14.1 Å². The summed E-state index contributed by atoms with van der Waals surface area (Å²) < 4.78 is 4.23. The van der Waals surface area contributed by atoms with Gasteiger partial charge in [0.1, 0.15) is 15.5 Å². The number of allylic oxidation sites excluding steroid dienone is 2. The molecule has 22 heavy (non-hydrogen) atoms. The van der Waals surface area contributed by atoms with Crippen molar-refractivity contribution in [1.29, 1.82) is 0 Å². The van der Waals surface area contributed by atoms with Crippen LogP contribution in [0.1, 0.15) is 6.42 Å². The highest BCUT2D eigenvalue weighted by Gasteiger charge is 2.78. The molecule has 0 heterocycles. The van der Waals surface area contributed by atoms with Crippen LogP contribution >= 0.6 is 81.2 Å². The van der Waals surface area contributed by atoms with Gasteiger partial charge in [-0.2, -0.15) is 0 Å². The lowest BCUT2D eigenvalue weighted by Gasteiger charge is -2.33. The summed E-state index contributed by atoms with van der Waals surface area (Å²) in [5.74, 6) is 0.365. The van der Waals surface area contributed by atoms with Crippen molar-refractivity contribution >= 4 is 81.2 Å². The molecule has 0 spiro atoms. The standard InChI is InChI=1S/C14H9Cl7O/c15-8-1-3-9(4-2-8)22-6-7-5-12(18)10(16)11(17)13(7,19)14(12,20)21/h1-4,7H,5-6H2/t7-,12-,13-/m0/s1. The summed E-state index contributed by atoms with van der Waals surface area (Å²) >= 11 is 44.3. The molecule has 3 atom stereocenters. The highest BCUT2D eigenvalue weighted by Crippen LogP contribution is 2.74. The zero-order valence-corrected chi connectivity index (χ0v) is 16.1. The molecule has 2 aliphatic rings. The smallest absolute Gasteiger partial charge is 0.166 e. The van der Waals surface area contributed by atoms with Crippen LogP contribution < -0.4 is 4.74 Å². The number of ether oxygens (including phenoxy) is 1. The molecule has 1 fully saturated rings. The van der Waals surface area contributed by atoms with E-state index >= 15 is 0 Å². The Balaban J connectivity index is 1.84. The van der Waals surface area contributed by atoms with E-state index in [-0.39, 0.29) is 22.6 Å². The van der Waals surface area contributed by atoms with Crippen LogP contribution in [0.3, 0.4) is 0 Å². The van der Waals surface area contributed by atoms with Crippen molar-refractivity contribution in [2.75, 3.05) is 6.61 Å². The van der Waals surface area contributed by atoms with Crippen molar-refractivity contribution in [2.45, 2.75) is 20.5 Å². The average molecular weight is 441 g/mol. The number of halogens is 7. The molecular formula is C14H9Cl7O. The number of rotatable bonds is 3. The molecule has 2 bridgehead atoms. The first-order valence-electron chi connectivity index (χ1n) is 6.35. The number of benzene rings is 1. The van der Waals surface area contributed by atoms with Gasteiger partial charge in [-0.25, -0.2) is 0 Å². The molecule has 1 aromatic carbocycles. The van der Waals surface area contributed by atoms with E-state index in [1.807, 2.05) is 0 Å². The Bertz CT molecular complexity index is 641. The topological polar surface area (TPSA) is 9.23 Å². The number of hydrogen-bond acceptors (Lipinski definition) is 1. The monoisotopic (exact) mass is 438 g/mol. The summed E-state index contributed by atoms with van der Waals surface area (Å²) in [6, 6.07) is 6.97. The summed E-state index contributed by atoms with van der Waals surface area (Å²) in [6.45, 7) is 0.251. The van der Waals surface area contributed by atoms with Crippen molar-refractivity contribution < 1.29 is 4.74 Å². The lowest BCUT2D eigenvalue weighted by molar-refractivity contribution is 0.234. The van der Waals surface area contributed by atoms with Gasteiger partial charge in [0, 0.05) is 10.9 Å². The van der Waals surface area contributed by atoms with Gasteiger partial charge in [0.2, 0.25) is 0 Å².